The lowest BCUT2D eigenvalue weighted by Gasteiger charge is -2.09. The molecule has 0 unspecified atom stereocenters. The zero-order valence-corrected chi connectivity index (χ0v) is 11.2. The van der Waals surface area contributed by atoms with Gasteiger partial charge in [0.05, 0.1) is 4.47 Å². The number of nitrogens with zero attached hydrogens (tertiary/aromatic N) is 1. The second-order valence-corrected chi connectivity index (χ2v) is 4.60. The average molecular weight is 309 g/mol. The summed E-state index contributed by atoms with van der Waals surface area (Å²) in [6.45, 7) is 1.73. The minimum atomic E-state index is -0.358. The summed E-state index contributed by atoms with van der Waals surface area (Å²) in [5.41, 5.74) is 1.52. The quantitative estimate of drug-likeness (QED) is 0.922. The van der Waals surface area contributed by atoms with E-state index in [1.165, 1.54) is 12.1 Å². The minimum absolute atomic E-state index is 0.310. The van der Waals surface area contributed by atoms with Crippen molar-refractivity contribution in [2.24, 2.45) is 0 Å². The Morgan fingerprint density at radius 2 is 2.17 bits per heavy atom. The molecule has 0 saturated carbocycles. The molecule has 1 heterocycles. The summed E-state index contributed by atoms with van der Waals surface area (Å²) in [7, 11) is 0. The van der Waals surface area contributed by atoms with Crippen molar-refractivity contribution in [2.75, 3.05) is 5.32 Å². The number of rotatable bonds is 2. The number of hydrogen-bond acceptors (Lipinski definition) is 2. The van der Waals surface area contributed by atoms with Gasteiger partial charge in [0.1, 0.15) is 11.5 Å². The van der Waals surface area contributed by atoms with Crippen LogP contribution in [-0.4, -0.2) is 10.9 Å². The average Bonchev–Trinajstić information content (AvgIpc) is 2.37. The molecule has 1 aromatic carbocycles. The number of halogens is 2. The highest BCUT2D eigenvalue weighted by Crippen LogP contribution is 2.24. The number of pyridine rings is 1. The maximum atomic E-state index is 13.2. The fourth-order valence-corrected chi connectivity index (χ4v) is 1.81. The van der Waals surface area contributed by atoms with E-state index in [2.05, 4.69) is 26.2 Å². The van der Waals surface area contributed by atoms with E-state index in [-0.39, 0.29) is 11.7 Å². The molecule has 0 bridgehead atoms. The molecule has 18 heavy (non-hydrogen) atoms. The van der Waals surface area contributed by atoms with Crippen molar-refractivity contribution in [1.29, 1.82) is 0 Å². The van der Waals surface area contributed by atoms with Gasteiger partial charge < -0.3 is 5.32 Å². The maximum Gasteiger partial charge on any atom is 0.274 e. The molecule has 1 amide bonds. The van der Waals surface area contributed by atoms with Crippen LogP contribution in [0.15, 0.2) is 41.0 Å². The molecular formula is C13H10BrFN2O. The van der Waals surface area contributed by atoms with Crippen molar-refractivity contribution in [3.63, 3.8) is 0 Å². The maximum absolute atomic E-state index is 13.2. The summed E-state index contributed by atoms with van der Waals surface area (Å²) >= 11 is 3.08. The first kappa shape index (κ1) is 12.7. The molecule has 0 fully saturated rings. The highest BCUT2D eigenvalue weighted by molar-refractivity contribution is 9.10. The monoisotopic (exact) mass is 308 g/mol. The van der Waals surface area contributed by atoms with Crippen LogP contribution in [0.5, 0.6) is 0 Å². The van der Waals surface area contributed by atoms with Gasteiger partial charge in [-0.1, -0.05) is 6.07 Å². The van der Waals surface area contributed by atoms with Crippen molar-refractivity contribution in [3.8, 4) is 0 Å². The Labute approximate surface area is 112 Å². The smallest absolute Gasteiger partial charge is 0.274 e. The van der Waals surface area contributed by atoms with Gasteiger partial charge in [-0.15, -0.1) is 0 Å². The molecule has 92 valence electrons. The lowest BCUT2D eigenvalue weighted by atomic mass is 10.2. The van der Waals surface area contributed by atoms with E-state index in [0.29, 0.717) is 21.4 Å². The molecule has 0 spiro atoms. The van der Waals surface area contributed by atoms with Crippen LogP contribution in [0.3, 0.4) is 0 Å². The number of anilines is 1. The highest BCUT2D eigenvalue weighted by Gasteiger charge is 2.10. The van der Waals surface area contributed by atoms with Gasteiger partial charge in [-0.05, 0) is 52.7 Å². The Morgan fingerprint density at radius 3 is 2.83 bits per heavy atom. The first-order chi connectivity index (χ1) is 8.58. The number of carbonyl (C=O) groups excluding carboxylic acids is 1. The first-order valence-corrected chi connectivity index (χ1v) is 6.05. The molecule has 2 aromatic rings. The third-order valence-electron chi connectivity index (χ3n) is 2.41. The normalized spacial score (nSPS) is 10.2. The fraction of sp³-hybridized carbons (Fsp3) is 0.0769. The van der Waals surface area contributed by atoms with Gasteiger partial charge in [0, 0.05) is 11.9 Å². The topological polar surface area (TPSA) is 42.0 Å². The molecule has 0 aliphatic heterocycles. The zero-order valence-electron chi connectivity index (χ0n) is 9.58. The number of amides is 1. The Hall–Kier alpha value is -1.75. The van der Waals surface area contributed by atoms with E-state index in [0.717, 1.165) is 0 Å². The number of aromatic nitrogens is 1. The predicted molar refractivity (Wildman–Crippen MR) is 71.0 cm³/mol. The van der Waals surface area contributed by atoms with E-state index in [9.17, 15) is 9.18 Å². The Kier molecular flexibility index (Phi) is 3.72. The van der Waals surface area contributed by atoms with Crippen molar-refractivity contribution in [3.05, 3.63) is 58.1 Å². The molecule has 0 atom stereocenters. The van der Waals surface area contributed by atoms with E-state index in [4.69, 9.17) is 0 Å². The molecule has 0 radical (unpaired) electrons. The van der Waals surface area contributed by atoms with Crippen molar-refractivity contribution in [1.82, 2.24) is 4.98 Å². The zero-order chi connectivity index (χ0) is 13.1. The van der Waals surface area contributed by atoms with Gasteiger partial charge in [0.2, 0.25) is 0 Å². The van der Waals surface area contributed by atoms with Crippen LogP contribution in [0.25, 0.3) is 0 Å². The summed E-state index contributed by atoms with van der Waals surface area (Å²) in [4.78, 5) is 15.8. The van der Waals surface area contributed by atoms with E-state index in [1.807, 2.05) is 0 Å². The Morgan fingerprint density at radius 1 is 1.39 bits per heavy atom. The highest BCUT2D eigenvalue weighted by atomic mass is 79.9. The van der Waals surface area contributed by atoms with Crippen LogP contribution in [0.2, 0.25) is 0 Å². The van der Waals surface area contributed by atoms with E-state index < -0.39 is 0 Å². The molecule has 2 rings (SSSR count). The number of hydrogen-bond donors (Lipinski definition) is 1. The summed E-state index contributed by atoms with van der Waals surface area (Å²) < 4.78 is 13.6. The number of carbonyl (C=O) groups is 1. The minimum Gasteiger partial charge on any atom is -0.320 e. The van der Waals surface area contributed by atoms with Gasteiger partial charge in [0.15, 0.2) is 0 Å². The SMILES string of the molecule is Cc1cc(F)c(Br)cc1NC(=O)c1ccccn1. The molecule has 1 aromatic heterocycles. The Bertz CT molecular complexity index is 587. The second-order valence-electron chi connectivity index (χ2n) is 3.75. The fourth-order valence-electron chi connectivity index (χ4n) is 1.46. The molecule has 3 nitrogen and oxygen atoms in total. The van der Waals surface area contributed by atoms with Crippen molar-refractivity contribution < 1.29 is 9.18 Å². The summed E-state index contributed by atoms with van der Waals surface area (Å²) in [6.07, 6.45) is 1.54. The lowest BCUT2D eigenvalue weighted by molar-refractivity contribution is 0.102. The summed E-state index contributed by atoms with van der Waals surface area (Å²) in [5, 5.41) is 2.70. The van der Waals surface area contributed by atoms with Crippen LogP contribution in [0.4, 0.5) is 10.1 Å². The van der Waals surface area contributed by atoms with Crippen LogP contribution >= 0.6 is 15.9 Å². The van der Waals surface area contributed by atoms with Crippen LogP contribution < -0.4 is 5.32 Å². The van der Waals surface area contributed by atoms with Crippen molar-refractivity contribution >= 4 is 27.5 Å². The third-order valence-corrected chi connectivity index (χ3v) is 3.02. The standard InChI is InChI=1S/C13H10BrFN2O/c1-8-6-10(15)9(14)7-12(8)17-13(18)11-4-2-3-5-16-11/h2-7H,1H3,(H,17,18). The van der Waals surface area contributed by atoms with Gasteiger partial charge in [0.25, 0.3) is 5.91 Å². The van der Waals surface area contributed by atoms with Crippen molar-refractivity contribution in [2.45, 2.75) is 6.92 Å². The lowest BCUT2D eigenvalue weighted by Crippen LogP contribution is -2.14. The van der Waals surface area contributed by atoms with Crippen LogP contribution in [0.1, 0.15) is 16.1 Å². The largest absolute Gasteiger partial charge is 0.320 e. The van der Waals surface area contributed by atoms with Gasteiger partial charge in [-0.25, -0.2) is 4.39 Å². The van der Waals surface area contributed by atoms with Gasteiger partial charge >= 0.3 is 0 Å². The molecular weight excluding hydrogens is 299 g/mol. The summed E-state index contributed by atoms with van der Waals surface area (Å²) in [5.74, 6) is -0.680. The summed E-state index contributed by atoms with van der Waals surface area (Å²) in [6, 6.07) is 7.97. The number of nitrogens with one attached hydrogen (secondary N) is 1. The van der Waals surface area contributed by atoms with Gasteiger partial charge in [-0.2, -0.15) is 0 Å². The van der Waals surface area contributed by atoms with Crippen LogP contribution in [0, 0.1) is 12.7 Å². The molecule has 5 heteroatoms. The second kappa shape index (κ2) is 5.27. The number of benzene rings is 1. The molecule has 1 N–H and O–H groups in total. The van der Waals surface area contributed by atoms with E-state index in [1.54, 1.807) is 31.3 Å². The van der Waals surface area contributed by atoms with Gasteiger partial charge in [-0.3, -0.25) is 9.78 Å². The Balaban J connectivity index is 2.25. The molecule has 0 aliphatic rings. The predicted octanol–water partition coefficient (Wildman–Crippen LogP) is 3.54. The molecule has 0 aliphatic carbocycles. The molecule has 0 saturated heterocycles. The van der Waals surface area contributed by atoms with Crippen LogP contribution in [-0.2, 0) is 0 Å². The third kappa shape index (κ3) is 2.73. The first-order valence-electron chi connectivity index (χ1n) is 5.26. The van der Waals surface area contributed by atoms with E-state index >= 15 is 0 Å². The number of aryl methyl sites for hydroxylation is 1.